The molecule has 0 aromatic heterocycles. The van der Waals surface area contributed by atoms with E-state index in [4.69, 9.17) is 10.5 Å². The third-order valence-electron chi connectivity index (χ3n) is 5.80. The van der Waals surface area contributed by atoms with Crippen LogP contribution in [0.5, 0.6) is 0 Å². The molecule has 1 saturated carbocycles. The predicted octanol–water partition coefficient (Wildman–Crippen LogP) is 1.15. The average Bonchev–Trinajstić information content (AvgIpc) is 2.60. The van der Waals surface area contributed by atoms with E-state index in [0.29, 0.717) is 24.0 Å². The third-order valence-corrected chi connectivity index (χ3v) is 5.80. The Hall–Kier alpha value is -0.160. The SMILES string of the molecule is CC1CCC(C)C(N)C(N2CCN3CCOCC3C2)C1. The lowest BCUT2D eigenvalue weighted by molar-refractivity contribution is -0.0574. The van der Waals surface area contributed by atoms with E-state index < -0.39 is 0 Å². The van der Waals surface area contributed by atoms with Gasteiger partial charge in [0.2, 0.25) is 0 Å². The molecule has 1 aliphatic carbocycles. The second-order valence-corrected chi connectivity index (χ2v) is 7.30. The molecule has 4 nitrogen and oxygen atoms in total. The van der Waals surface area contributed by atoms with Crippen LogP contribution in [0.15, 0.2) is 0 Å². The van der Waals surface area contributed by atoms with Gasteiger partial charge in [0.05, 0.1) is 13.2 Å². The van der Waals surface area contributed by atoms with E-state index in [1.54, 1.807) is 0 Å². The molecule has 5 atom stereocenters. The lowest BCUT2D eigenvalue weighted by Crippen LogP contribution is -2.62. The van der Waals surface area contributed by atoms with E-state index in [9.17, 15) is 0 Å². The number of piperazine rings is 1. The van der Waals surface area contributed by atoms with Crippen LogP contribution in [0.2, 0.25) is 0 Å². The first-order valence-electron chi connectivity index (χ1n) is 8.46. The van der Waals surface area contributed by atoms with Crippen molar-refractivity contribution in [2.75, 3.05) is 39.4 Å². The van der Waals surface area contributed by atoms with Crippen LogP contribution in [0.4, 0.5) is 0 Å². The summed E-state index contributed by atoms with van der Waals surface area (Å²) >= 11 is 0. The Morgan fingerprint density at radius 2 is 1.85 bits per heavy atom. The summed E-state index contributed by atoms with van der Waals surface area (Å²) in [6.07, 6.45) is 3.92. The van der Waals surface area contributed by atoms with Crippen LogP contribution in [-0.4, -0.2) is 67.3 Å². The third kappa shape index (κ3) is 3.03. The monoisotopic (exact) mass is 281 g/mol. The molecule has 5 unspecified atom stereocenters. The van der Waals surface area contributed by atoms with Gasteiger partial charge in [-0.1, -0.05) is 20.3 Å². The molecule has 2 saturated heterocycles. The highest BCUT2D eigenvalue weighted by Gasteiger charge is 2.37. The van der Waals surface area contributed by atoms with Crippen LogP contribution in [-0.2, 0) is 4.74 Å². The molecule has 2 aliphatic heterocycles. The summed E-state index contributed by atoms with van der Waals surface area (Å²) in [6.45, 7) is 11.2. The van der Waals surface area contributed by atoms with Crippen LogP contribution in [0, 0.1) is 11.8 Å². The normalized spacial score (nSPS) is 44.9. The minimum Gasteiger partial charge on any atom is -0.378 e. The predicted molar refractivity (Wildman–Crippen MR) is 81.7 cm³/mol. The number of ether oxygens (including phenoxy) is 1. The zero-order chi connectivity index (χ0) is 14.1. The molecule has 3 rings (SSSR count). The number of fused-ring (bicyclic) bond motifs is 1. The second kappa shape index (κ2) is 6.30. The zero-order valence-electron chi connectivity index (χ0n) is 13.1. The molecule has 2 N–H and O–H groups in total. The van der Waals surface area contributed by atoms with Crippen LogP contribution in [0.1, 0.15) is 33.1 Å². The highest BCUT2D eigenvalue weighted by Crippen LogP contribution is 2.30. The van der Waals surface area contributed by atoms with Crippen molar-refractivity contribution in [1.29, 1.82) is 0 Å². The molecule has 4 heteroatoms. The van der Waals surface area contributed by atoms with Gasteiger partial charge in [-0.15, -0.1) is 0 Å². The summed E-state index contributed by atoms with van der Waals surface area (Å²) < 4.78 is 5.67. The minimum absolute atomic E-state index is 0.344. The average molecular weight is 281 g/mol. The topological polar surface area (TPSA) is 41.7 Å². The molecule has 0 amide bonds. The van der Waals surface area contributed by atoms with Crippen molar-refractivity contribution in [3.05, 3.63) is 0 Å². The maximum Gasteiger partial charge on any atom is 0.0634 e. The van der Waals surface area contributed by atoms with Crippen molar-refractivity contribution in [2.24, 2.45) is 17.6 Å². The number of hydrogen-bond donors (Lipinski definition) is 1. The number of rotatable bonds is 1. The summed E-state index contributed by atoms with van der Waals surface area (Å²) in [5, 5.41) is 0. The summed E-state index contributed by atoms with van der Waals surface area (Å²) in [4.78, 5) is 5.29. The molecule has 3 fully saturated rings. The van der Waals surface area contributed by atoms with Crippen LogP contribution >= 0.6 is 0 Å². The van der Waals surface area contributed by atoms with Crippen molar-refractivity contribution in [2.45, 2.75) is 51.2 Å². The van der Waals surface area contributed by atoms with Gasteiger partial charge in [0.1, 0.15) is 0 Å². The van der Waals surface area contributed by atoms with Gasteiger partial charge in [-0.05, 0) is 24.7 Å². The summed E-state index contributed by atoms with van der Waals surface area (Å²) in [6, 6.07) is 1.51. The van der Waals surface area contributed by atoms with Gasteiger partial charge < -0.3 is 10.5 Å². The molecule has 0 aromatic carbocycles. The molecule has 2 heterocycles. The van der Waals surface area contributed by atoms with Crippen LogP contribution in [0.3, 0.4) is 0 Å². The van der Waals surface area contributed by atoms with Gasteiger partial charge in [-0.25, -0.2) is 0 Å². The molecule has 20 heavy (non-hydrogen) atoms. The second-order valence-electron chi connectivity index (χ2n) is 7.30. The summed E-state index contributed by atoms with van der Waals surface area (Å²) in [5.41, 5.74) is 6.60. The van der Waals surface area contributed by atoms with Crippen molar-refractivity contribution >= 4 is 0 Å². The standard InChI is InChI=1S/C16H31N3O/c1-12-3-4-13(2)16(17)15(9-12)19-6-5-18-7-8-20-11-14(18)10-19/h12-16H,3-11,17H2,1-2H3. The Morgan fingerprint density at radius 1 is 1.05 bits per heavy atom. The smallest absolute Gasteiger partial charge is 0.0634 e. The van der Waals surface area contributed by atoms with Crippen LogP contribution < -0.4 is 5.73 Å². The quantitative estimate of drug-likeness (QED) is 0.732. The first-order valence-corrected chi connectivity index (χ1v) is 8.46. The van der Waals surface area contributed by atoms with Crippen molar-refractivity contribution in [3.8, 4) is 0 Å². The zero-order valence-corrected chi connectivity index (χ0v) is 13.1. The number of nitrogens with two attached hydrogens (primary N) is 1. The molecule has 0 radical (unpaired) electrons. The van der Waals surface area contributed by atoms with Gasteiger partial charge in [0.15, 0.2) is 0 Å². The molecule has 116 valence electrons. The molecule has 0 bridgehead atoms. The Bertz CT molecular complexity index is 325. The largest absolute Gasteiger partial charge is 0.378 e. The van der Waals surface area contributed by atoms with Gasteiger partial charge in [0.25, 0.3) is 0 Å². The Kier molecular flexibility index (Phi) is 4.65. The lowest BCUT2D eigenvalue weighted by atomic mass is 9.91. The summed E-state index contributed by atoms with van der Waals surface area (Å²) in [5.74, 6) is 1.47. The first kappa shape index (κ1) is 14.8. The van der Waals surface area contributed by atoms with E-state index >= 15 is 0 Å². The van der Waals surface area contributed by atoms with E-state index in [-0.39, 0.29) is 0 Å². The Labute approximate surface area is 123 Å². The summed E-state index contributed by atoms with van der Waals surface area (Å²) in [7, 11) is 0. The van der Waals surface area contributed by atoms with Crippen molar-refractivity contribution in [3.63, 3.8) is 0 Å². The maximum absolute atomic E-state index is 6.60. The van der Waals surface area contributed by atoms with E-state index in [2.05, 4.69) is 23.6 Å². The molecular weight excluding hydrogens is 250 g/mol. The van der Waals surface area contributed by atoms with Crippen molar-refractivity contribution in [1.82, 2.24) is 9.80 Å². The number of morpholine rings is 1. The Morgan fingerprint density at radius 3 is 2.70 bits per heavy atom. The highest BCUT2D eigenvalue weighted by molar-refractivity contribution is 4.94. The van der Waals surface area contributed by atoms with Crippen LogP contribution in [0.25, 0.3) is 0 Å². The highest BCUT2D eigenvalue weighted by atomic mass is 16.5. The minimum atomic E-state index is 0.344. The van der Waals surface area contributed by atoms with Gasteiger partial charge in [-0.2, -0.15) is 0 Å². The lowest BCUT2D eigenvalue weighted by Gasteiger charge is -2.48. The van der Waals surface area contributed by atoms with E-state index in [0.717, 1.165) is 32.2 Å². The van der Waals surface area contributed by atoms with Crippen molar-refractivity contribution < 1.29 is 4.74 Å². The van der Waals surface area contributed by atoms with E-state index in [1.165, 1.54) is 32.4 Å². The molecule has 0 aromatic rings. The fourth-order valence-electron chi connectivity index (χ4n) is 4.27. The Balaban J connectivity index is 1.67. The molecule has 0 spiro atoms. The fourth-order valence-corrected chi connectivity index (χ4v) is 4.27. The molecular formula is C16H31N3O. The van der Waals surface area contributed by atoms with E-state index in [1.807, 2.05) is 0 Å². The van der Waals surface area contributed by atoms with Gasteiger partial charge in [0, 0.05) is 44.3 Å². The number of nitrogens with zero attached hydrogens (tertiary/aromatic N) is 2. The fraction of sp³-hybridized carbons (Fsp3) is 1.00. The molecule has 3 aliphatic rings. The number of hydrogen-bond acceptors (Lipinski definition) is 4. The maximum atomic E-state index is 6.60. The van der Waals surface area contributed by atoms with Gasteiger partial charge >= 0.3 is 0 Å². The van der Waals surface area contributed by atoms with Gasteiger partial charge in [-0.3, -0.25) is 9.80 Å². The first-order chi connectivity index (χ1) is 9.65.